The Morgan fingerprint density at radius 1 is 1.18 bits per heavy atom. The lowest BCUT2D eigenvalue weighted by atomic mass is 10.1. The number of hydrogen-bond donors (Lipinski definition) is 1. The number of ether oxygens (including phenoxy) is 1. The lowest BCUT2D eigenvalue weighted by Crippen LogP contribution is -2.48. The molecule has 11 heteroatoms. The highest BCUT2D eigenvalue weighted by Gasteiger charge is 2.28. The average Bonchev–Trinajstić information content (AvgIpc) is 3.11. The molecule has 1 aromatic carbocycles. The third kappa shape index (κ3) is 6.12. The number of rotatable bonds is 7. The normalized spacial score (nSPS) is 14.6. The zero-order valence-electron chi connectivity index (χ0n) is 19.6. The topological polar surface area (TPSA) is 82.2 Å². The van der Waals surface area contributed by atoms with Gasteiger partial charge in [-0.05, 0) is 30.2 Å². The van der Waals surface area contributed by atoms with Gasteiger partial charge in [0.15, 0.2) is 0 Å². The summed E-state index contributed by atoms with van der Waals surface area (Å²) >= 11 is 7.20. The molecular formula is C23H28ClFN4O4S. The predicted molar refractivity (Wildman–Crippen MR) is 130 cm³/mol. The first-order valence-corrected chi connectivity index (χ1v) is 11.9. The van der Waals surface area contributed by atoms with Gasteiger partial charge in [-0.2, -0.15) is 0 Å². The molecular weight excluding hydrogens is 483 g/mol. The molecule has 0 aliphatic carbocycles. The molecule has 0 unspecified atom stereocenters. The first-order chi connectivity index (χ1) is 16.1. The highest BCUT2D eigenvalue weighted by molar-refractivity contribution is 7.18. The van der Waals surface area contributed by atoms with Gasteiger partial charge in [0, 0.05) is 51.8 Å². The molecule has 2 amide bonds. The number of halogens is 2. The van der Waals surface area contributed by atoms with Crippen molar-refractivity contribution in [3.63, 3.8) is 0 Å². The molecule has 2 aromatic rings. The van der Waals surface area contributed by atoms with Crippen LogP contribution >= 0.6 is 22.9 Å². The van der Waals surface area contributed by atoms with E-state index in [9.17, 15) is 18.8 Å². The van der Waals surface area contributed by atoms with Gasteiger partial charge in [-0.1, -0.05) is 17.7 Å². The number of esters is 1. The summed E-state index contributed by atoms with van der Waals surface area (Å²) in [6, 6.07) is 4.40. The molecule has 1 fully saturated rings. The maximum atomic E-state index is 13.3. The van der Waals surface area contributed by atoms with Crippen molar-refractivity contribution in [1.82, 2.24) is 14.7 Å². The van der Waals surface area contributed by atoms with Crippen LogP contribution in [-0.4, -0.2) is 86.4 Å². The van der Waals surface area contributed by atoms with Gasteiger partial charge in [-0.15, -0.1) is 11.3 Å². The first-order valence-electron chi connectivity index (χ1n) is 10.7. The van der Waals surface area contributed by atoms with Gasteiger partial charge in [0.1, 0.15) is 10.8 Å². The van der Waals surface area contributed by atoms with Gasteiger partial charge < -0.3 is 15.0 Å². The van der Waals surface area contributed by atoms with Crippen molar-refractivity contribution in [2.24, 2.45) is 0 Å². The number of thiophene rings is 1. The highest BCUT2D eigenvalue weighted by atomic mass is 35.5. The molecule has 1 aliphatic rings. The van der Waals surface area contributed by atoms with Crippen LogP contribution in [0.15, 0.2) is 18.2 Å². The fourth-order valence-electron chi connectivity index (χ4n) is 3.72. The second-order valence-electron chi connectivity index (χ2n) is 8.29. The van der Waals surface area contributed by atoms with E-state index in [-0.39, 0.29) is 29.7 Å². The van der Waals surface area contributed by atoms with E-state index in [4.69, 9.17) is 16.3 Å². The summed E-state index contributed by atoms with van der Waals surface area (Å²) in [5, 5.41) is 3.51. The molecule has 0 bridgehead atoms. The van der Waals surface area contributed by atoms with Crippen molar-refractivity contribution in [3.8, 4) is 0 Å². The van der Waals surface area contributed by atoms with E-state index >= 15 is 0 Å². The van der Waals surface area contributed by atoms with E-state index in [1.807, 2.05) is 4.90 Å². The zero-order valence-corrected chi connectivity index (χ0v) is 21.2. The van der Waals surface area contributed by atoms with Crippen molar-refractivity contribution in [1.29, 1.82) is 0 Å². The van der Waals surface area contributed by atoms with Crippen LogP contribution in [0.5, 0.6) is 0 Å². The fraction of sp³-hybridized carbons (Fsp3) is 0.435. The Bertz CT molecular complexity index is 1080. The molecule has 1 saturated heterocycles. The molecule has 1 aliphatic heterocycles. The zero-order chi connectivity index (χ0) is 25.0. The van der Waals surface area contributed by atoms with E-state index in [1.54, 1.807) is 27.1 Å². The number of nitrogens with zero attached hydrogens (tertiary/aromatic N) is 3. The van der Waals surface area contributed by atoms with Crippen molar-refractivity contribution >= 4 is 45.7 Å². The summed E-state index contributed by atoms with van der Waals surface area (Å²) in [7, 11) is 4.51. The van der Waals surface area contributed by atoms with Crippen molar-refractivity contribution < 1.29 is 23.5 Å². The number of amides is 2. The second kappa shape index (κ2) is 11.3. The van der Waals surface area contributed by atoms with Crippen molar-refractivity contribution in [2.75, 3.05) is 59.2 Å². The van der Waals surface area contributed by atoms with E-state index in [1.165, 1.54) is 24.1 Å². The number of methoxy groups -OCH3 is 1. The third-order valence-electron chi connectivity index (χ3n) is 5.63. The molecule has 0 spiro atoms. The van der Waals surface area contributed by atoms with Gasteiger partial charge in [0.05, 0.1) is 24.1 Å². The number of carbonyl (C=O) groups is 3. The van der Waals surface area contributed by atoms with E-state index in [0.29, 0.717) is 40.1 Å². The number of hydrogen-bond acceptors (Lipinski definition) is 7. The molecule has 1 aromatic heterocycles. The smallest absolute Gasteiger partial charge is 0.341 e. The van der Waals surface area contributed by atoms with Crippen LogP contribution in [0, 0.1) is 12.7 Å². The van der Waals surface area contributed by atoms with Crippen LogP contribution in [0.25, 0.3) is 0 Å². The van der Waals surface area contributed by atoms with Gasteiger partial charge in [-0.25, -0.2) is 9.18 Å². The van der Waals surface area contributed by atoms with Gasteiger partial charge in [-0.3, -0.25) is 19.4 Å². The fourth-order valence-corrected chi connectivity index (χ4v) is 5.18. The van der Waals surface area contributed by atoms with Crippen molar-refractivity contribution in [2.45, 2.75) is 13.5 Å². The summed E-state index contributed by atoms with van der Waals surface area (Å²) in [6.07, 6.45) is 0. The Kier molecular flexibility index (Phi) is 8.64. The van der Waals surface area contributed by atoms with Crippen LogP contribution in [-0.2, 0) is 16.1 Å². The van der Waals surface area contributed by atoms with E-state index in [0.717, 1.165) is 30.0 Å². The molecule has 3 rings (SSSR count). The van der Waals surface area contributed by atoms with Gasteiger partial charge in [0.25, 0.3) is 5.91 Å². The number of benzene rings is 1. The predicted octanol–water partition coefficient (Wildman–Crippen LogP) is 3.09. The molecule has 34 heavy (non-hydrogen) atoms. The molecule has 0 saturated carbocycles. The quantitative estimate of drug-likeness (QED) is 0.576. The van der Waals surface area contributed by atoms with E-state index in [2.05, 4.69) is 10.2 Å². The number of nitrogens with one attached hydrogen (secondary N) is 1. The Morgan fingerprint density at radius 2 is 1.82 bits per heavy atom. The standard InChI is InChI=1S/C23H28ClFN4O4S/c1-14-19(23(32)33-4)21(34-20(14)22(31)27(2)3)26-18(30)13-29-9-7-28(8-10-29)12-15-5-6-16(25)11-17(15)24/h5-6,11H,7-10,12-13H2,1-4H3,(H,26,30). The van der Waals surface area contributed by atoms with Crippen LogP contribution in [0.4, 0.5) is 9.39 Å². The van der Waals surface area contributed by atoms with Crippen LogP contribution in [0.1, 0.15) is 31.2 Å². The highest BCUT2D eigenvalue weighted by Crippen LogP contribution is 2.34. The largest absolute Gasteiger partial charge is 0.465 e. The Labute approximate surface area is 207 Å². The van der Waals surface area contributed by atoms with Gasteiger partial charge >= 0.3 is 5.97 Å². The van der Waals surface area contributed by atoms with Gasteiger partial charge in [0.2, 0.25) is 5.91 Å². The monoisotopic (exact) mass is 510 g/mol. The third-order valence-corrected chi connectivity index (χ3v) is 7.18. The van der Waals surface area contributed by atoms with Crippen molar-refractivity contribution in [3.05, 3.63) is 50.6 Å². The number of piperazine rings is 1. The Morgan fingerprint density at radius 3 is 2.41 bits per heavy atom. The first kappa shape index (κ1) is 26.1. The molecule has 0 atom stereocenters. The molecule has 8 nitrogen and oxygen atoms in total. The van der Waals surface area contributed by atoms with Crippen LogP contribution in [0.3, 0.4) is 0 Å². The summed E-state index contributed by atoms with van der Waals surface area (Å²) in [5.74, 6) is -1.48. The summed E-state index contributed by atoms with van der Waals surface area (Å²) < 4.78 is 18.1. The maximum absolute atomic E-state index is 13.3. The summed E-state index contributed by atoms with van der Waals surface area (Å²) in [5.41, 5.74) is 1.55. The van der Waals surface area contributed by atoms with E-state index < -0.39 is 5.97 Å². The molecule has 184 valence electrons. The molecule has 0 radical (unpaired) electrons. The number of anilines is 1. The Hall–Kier alpha value is -2.53. The lowest BCUT2D eigenvalue weighted by molar-refractivity contribution is -0.117. The second-order valence-corrected chi connectivity index (χ2v) is 9.72. The summed E-state index contributed by atoms with van der Waals surface area (Å²) in [4.78, 5) is 43.6. The lowest BCUT2D eigenvalue weighted by Gasteiger charge is -2.34. The minimum Gasteiger partial charge on any atom is -0.465 e. The SMILES string of the molecule is COC(=O)c1c(NC(=O)CN2CCN(Cc3ccc(F)cc3Cl)CC2)sc(C(=O)N(C)C)c1C. The van der Waals surface area contributed by atoms with Crippen LogP contribution < -0.4 is 5.32 Å². The average molecular weight is 511 g/mol. The molecule has 1 N–H and O–H groups in total. The Balaban J connectivity index is 1.60. The number of carbonyl (C=O) groups excluding carboxylic acids is 3. The molecule has 2 heterocycles. The minimum absolute atomic E-state index is 0.152. The summed E-state index contributed by atoms with van der Waals surface area (Å²) in [6.45, 7) is 5.23. The van der Waals surface area contributed by atoms with Crippen LogP contribution in [0.2, 0.25) is 5.02 Å². The maximum Gasteiger partial charge on any atom is 0.341 e. The minimum atomic E-state index is -0.602.